The van der Waals surface area contributed by atoms with Gasteiger partial charge in [-0.2, -0.15) is 5.10 Å². The number of carbonyl (C=O) groups excluding carboxylic acids is 1. The summed E-state index contributed by atoms with van der Waals surface area (Å²) in [6.45, 7) is 2.02. The monoisotopic (exact) mass is 180 g/mol. The van der Waals surface area contributed by atoms with E-state index in [1.165, 1.54) is 16.9 Å². The number of aromatic nitrogens is 2. The van der Waals surface area contributed by atoms with Gasteiger partial charge in [-0.15, -0.1) is 0 Å². The largest absolute Gasteiger partial charge is 0.298 e. The van der Waals surface area contributed by atoms with Crippen molar-refractivity contribution < 1.29 is 4.79 Å². The van der Waals surface area contributed by atoms with Crippen LogP contribution in [0.1, 0.15) is 19.8 Å². The summed E-state index contributed by atoms with van der Waals surface area (Å²) in [6, 6.07) is 2.95. The first-order chi connectivity index (χ1) is 6.24. The number of hydrogen-bond acceptors (Lipinski definition) is 3. The number of hydrogen-bond donors (Lipinski definition) is 0. The molecule has 1 heterocycles. The molecule has 0 saturated heterocycles. The lowest BCUT2D eigenvalue weighted by atomic mass is 10.2. The second-order valence-corrected chi connectivity index (χ2v) is 2.81. The van der Waals surface area contributed by atoms with Crippen LogP contribution >= 0.6 is 0 Å². The van der Waals surface area contributed by atoms with E-state index in [0.29, 0.717) is 6.42 Å². The Morgan fingerprint density at radius 3 is 3.00 bits per heavy atom. The van der Waals surface area contributed by atoms with Crippen LogP contribution in [0.15, 0.2) is 23.1 Å². The van der Waals surface area contributed by atoms with E-state index < -0.39 is 0 Å². The van der Waals surface area contributed by atoms with Gasteiger partial charge in [0.05, 0.1) is 0 Å². The Bertz CT molecular complexity index is 343. The first-order valence-electron chi connectivity index (χ1n) is 4.28. The van der Waals surface area contributed by atoms with E-state index in [1.54, 1.807) is 6.07 Å². The Labute approximate surface area is 76.2 Å². The number of carbonyl (C=O) groups is 1. The fourth-order valence-electron chi connectivity index (χ4n) is 1.03. The molecule has 1 aromatic heterocycles. The van der Waals surface area contributed by atoms with Crippen LogP contribution in [-0.4, -0.2) is 15.6 Å². The number of Topliss-reactive ketones (excluding diaryl/α,β-unsaturated/α-hetero) is 1. The van der Waals surface area contributed by atoms with Gasteiger partial charge in [0.2, 0.25) is 0 Å². The average molecular weight is 180 g/mol. The highest BCUT2D eigenvalue weighted by Gasteiger charge is 2.02. The molecule has 1 rings (SSSR count). The van der Waals surface area contributed by atoms with Crippen LogP contribution in [0.3, 0.4) is 0 Å². The molecule has 0 unspecified atom stereocenters. The standard InChI is InChI=1S/C9H12N2O2/c1-2-4-8(12)7-11-9(13)5-3-6-10-11/h3,5-6H,2,4,7H2,1H3. The fourth-order valence-corrected chi connectivity index (χ4v) is 1.03. The van der Waals surface area contributed by atoms with Crippen LogP contribution in [-0.2, 0) is 11.3 Å². The fraction of sp³-hybridized carbons (Fsp3) is 0.444. The molecule has 70 valence electrons. The van der Waals surface area contributed by atoms with Gasteiger partial charge < -0.3 is 0 Å². The van der Waals surface area contributed by atoms with E-state index in [9.17, 15) is 9.59 Å². The van der Waals surface area contributed by atoms with E-state index in [-0.39, 0.29) is 17.9 Å². The second-order valence-electron chi connectivity index (χ2n) is 2.81. The van der Waals surface area contributed by atoms with Crippen molar-refractivity contribution in [2.45, 2.75) is 26.3 Å². The molecular weight excluding hydrogens is 168 g/mol. The normalized spacial score (nSPS) is 9.92. The highest BCUT2D eigenvalue weighted by atomic mass is 16.1. The van der Waals surface area contributed by atoms with E-state index in [4.69, 9.17) is 0 Å². The number of rotatable bonds is 4. The lowest BCUT2D eigenvalue weighted by Gasteiger charge is -2.00. The molecule has 13 heavy (non-hydrogen) atoms. The molecule has 4 nitrogen and oxygen atoms in total. The molecule has 4 heteroatoms. The Hall–Kier alpha value is -1.45. The number of ketones is 1. The van der Waals surface area contributed by atoms with E-state index in [0.717, 1.165) is 6.42 Å². The molecule has 0 radical (unpaired) electrons. The summed E-state index contributed by atoms with van der Waals surface area (Å²) in [5, 5.41) is 3.78. The average Bonchev–Trinajstić information content (AvgIpc) is 2.09. The van der Waals surface area contributed by atoms with Crippen molar-refractivity contribution in [1.82, 2.24) is 9.78 Å². The molecule has 0 aromatic carbocycles. The molecule has 1 aromatic rings. The maximum atomic E-state index is 11.2. The maximum Gasteiger partial charge on any atom is 0.267 e. The smallest absolute Gasteiger partial charge is 0.267 e. The van der Waals surface area contributed by atoms with E-state index in [2.05, 4.69) is 5.10 Å². The van der Waals surface area contributed by atoms with Gasteiger partial charge in [-0.3, -0.25) is 9.59 Å². The van der Waals surface area contributed by atoms with Gasteiger partial charge in [0.15, 0.2) is 5.78 Å². The molecule has 0 N–H and O–H groups in total. The van der Waals surface area contributed by atoms with Crippen molar-refractivity contribution in [3.8, 4) is 0 Å². The van der Waals surface area contributed by atoms with Gasteiger partial charge in [-0.25, -0.2) is 4.68 Å². The minimum absolute atomic E-state index is 0.0447. The topological polar surface area (TPSA) is 52.0 Å². The highest BCUT2D eigenvalue weighted by molar-refractivity contribution is 5.77. The van der Waals surface area contributed by atoms with Crippen LogP contribution in [0.25, 0.3) is 0 Å². The molecule has 0 aliphatic heterocycles. The zero-order valence-electron chi connectivity index (χ0n) is 7.56. The summed E-state index contributed by atoms with van der Waals surface area (Å²) in [4.78, 5) is 22.3. The van der Waals surface area contributed by atoms with Crippen molar-refractivity contribution in [3.63, 3.8) is 0 Å². The van der Waals surface area contributed by atoms with Crippen LogP contribution < -0.4 is 5.56 Å². The molecule has 0 bridgehead atoms. The third-order valence-corrected chi connectivity index (χ3v) is 1.64. The Morgan fingerprint density at radius 2 is 2.38 bits per heavy atom. The molecule has 0 aliphatic carbocycles. The second kappa shape index (κ2) is 4.54. The van der Waals surface area contributed by atoms with Crippen molar-refractivity contribution in [2.75, 3.05) is 0 Å². The maximum absolute atomic E-state index is 11.2. The first-order valence-corrected chi connectivity index (χ1v) is 4.28. The minimum Gasteiger partial charge on any atom is -0.298 e. The summed E-state index contributed by atoms with van der Waals surface area (Å²) in [5.74, 6) is 0.0447. The molecule has 0 aliphatic rings. The summed E-state index contributed by atoms with van der Waals surface area (Å²) in [7, 11) is 0. The van der Waals surface area contributed by atoms with Crippen LogP contribution in [0.5, 0.6) is 0 Å². The third kappa shape index (κ3) is 2.82. The summed E-state index contributed by atoms with van der Waals surface area (Å²) in [5.41, 5.74) is -0.230. The van der Waals surface area contributed by atoms with Gasteiger partial charge >= 0.3 is 0 Å². The highest BCUT2D eigenvalue weighted by Crippen LogP contribution is 1.90. The van der Waals surface area contributed by atoms with Gasteiger partial charge in [0.25, 0.3) is 5.56 Å². The van der Waals surface area contributed by atoms with Crippen LogP contribution in [0.2, 0.25) is 0 Å². The molecule has 0 saturated carbocycles. The van der Waals surface area contributed by atoms with Gasteiger partial charge in [0.1, 0.15) is 6.54 Å². The van der Waals surface area contributed by atoms with Crippen molar-refractivity contribution in [3.05, 3.63) is 28.7 Å². The zero-order chi connectivity index (χ0) is 9.68. The van der Waals surface area contributed by atoms with Gasteiger partial charge in [-0.05, 0) is 12.5 Å². The summed E-state index contributed by atoms with van der Waals surface area (Å²) >= 11 is 0. The zero-order valence-corrected chi connectivity index (χ0v) is 7.56. The van der Waals surface area contributed by atoms with Crippen molar-refractivity contribution in [1.29, 1.82) is 0 Å². The first kappa shape index (κ1) is 9.64. The third-order valence-electron chi connectivity index (χ3n) is 1.64. The number of nitrogens with zero attached hydrogens (tertiary/aromatic N) is 2. The predicted octanol–water partition coefficient (Wildman–Crippen LogP) is 0.612. The molecule has 0 fully saturated rings. The van der Waals surface area contributed by atoms with E-state index >= 15 is 0 Å². The lowest BCUT2D eigenvalue weighted by molar-refractivity contribution is -0.119. The molecule has 0 amide bonds. The minimum atomic E-state index is -0.230. The molecular formula is C9H12N2O2. The lowest BCUT2D eigenvalue weighted by Crippen LogP contribution is -2.25. The molecule has 0 atom stereocenters. The Morgan fingerprint density at radius 1 is 1.62 bits per heavy atom. The van der Waals surface area contributed by atoms with Crippen molar-refractivity contribution in [2.24, 2.45) is 0 Å². The van der Waals surface area contributed by atoms with Gasteiger partial charge in [0, 0.05) is 18.7 Å². The van der Waals surface area contributed by atoms with Crippen LogP contribution in [0.4, 0.5) is 0 Å². The van der Waals surface area contributed by atoms with Gasteiger partial charge in [-0.1, -0.05) is 6.92 Å². The predicted molar refractivity (Wildman–Crippen MR) is 48.4 cm³/mol. The summed E-state index contributed by atoms with van der Waals surface area (Å²) < 4.78 is 1.18. The Kier molecular flexibility index (Phi) is 3.37. The van der Waals surface area contributed by atoms with Crippen molar-refractivity contribution >= 4 is 5.78 Å². The quantitative estimate of drug-likeness (QED) is 0.682. The van der Waals surface area contributed by atoms with E-state index in [1.807, 2.05) is 6.92 Å². The Balaban J connectivity index is 2.69. The molecule has 0 spiro atoms. The van der Waals surface area contributed by atoms with Crippen LogP contribution in [0, 0.1) is 0 Å². The summed E-state index contributed by atoms with van der Waals surface area (Å²) in [6.07, 6.45) is 2.81. The SMILES string of the molecule is CCCC(=O)Cn1ncccc1=O.